The number of nitriles is 1. The van der Waals surface area contributed by atoms with Crippen molar-refractivity contribution in [3.05, 3.63) is 70.4 Å². The van der Waals surface area contributed by atoms with Gasteiger partial charge in [-0.3, -0.25) is 4.79 Å². The van der Waals surface area contributed by atoms with Crippen LogP contribution in [0.15, 0.2) is 54.2 Å². The lowest BCUT2D eigenvalue weighted by molar-refractivity contribution is -0.117. The van der Waals surface area contributed by atoms with Crippen molar-refractivity contribution in [3.8, 4) is 11.8 Å². The third-order valence-corrected chi connectivity index (χ3v) is 4.45. The molecule has 1 amide bonds. The SMILES string of the molecule is COc1ccc(Cl)cc1/C=C(/C#N)C(=O)NCCc1c[nH]c2ccccc12. The summed E-state index contributed by atoms with van der Waals surface area (Å²) in [4.78, 5) is 15.6. The maximum atomic E-state index is 12.4. The first-order valence-electron chi connectivity index (χ1n) is 8.41. The fourth-order valence-corrected chi connectivity index (χ4v) is 3.05. The van der Waals surface area contributed by atoms with Gasteiger partial charge in [-0.1, -0.05) is 29.8 Å². The van der Waals surface area contributed by atoms with Crippen molar-refractivity contribution in [2.24, 2.45) is 0 Å². The standard InChI is InChI=1S/C21H18ClN3O2/c1-27-20-7-6-17(22)11-15(20)10-16(12-23)21(26)24-9-8-14-13-25-19-5-3-2-4-18(14)19/h2-7,10-11,13,25H,8-9H2,1H3,(H,24,26)/b16-10-. The minimum absolute atomic E-state index is 0.00510. The summed E-state index contributed by atoms with van der Waals surface area (Å²) in [5.41, 5.74) is 2.75. The highest BCUT2D eigenvalue weighted by Crippen LogP contribution is 2.25. The number of hydrogen-bond donors (Lipinski definition) is 2. The molecular formula is C21H18ClN3O2. The van der Waals surface area contributed by atoms with E-state index in [0.717, 1.165) is 16.5 Å². The van der Waals surface area contributed by atoms with Crippen molar-refractivity contribution < 1.29 is 9.53 Å². The first-order valence-corrected chi connectivity index (χ1v) is 8.78. The van der Waals surface area contributed by atoms with Crippen LogP contribution in [0.1, 0.15) is 11.1 Å². The van der Waals surface area contributed by atoms with Gasteiger partial charge in [-0.15, -0.1) is 0 Å². The lowest BCUT2D eigenvalue weighted by Gasteiger charge is -2.07. The predicted octanol–water partition coefficient (Wildman–Crippen LogP) is 4.10. The van der Waals surface area contributed by atoms with Gasteiger partial charge in [0.05, 0.1) is 7.11 Å². The normalized spacial score (nSPS) is 11.2. The second-order valence-electron chi connectivity index (χ2n) is 5.92. The second kappa shape index (κ2) is 8.43. The summed E-state index contributed by atoms with van der Waals surface area (Å²) in [7, 11) is 1.52. The maximum absolute atomic E-state index is 12.4. The van der Waals surface area contributed by atoms with Crippen molar-refractivity contribution in [2.45, 2.75) is 6.42 Å². The minimum Gasteiger partial charge on any atom is -0.496 e. The van der Waals surface area contributed by atoms with Crippen LogP contribution in [0.2, 0.25) is 5.02 Å². The van der Waals surface area contributed by atoms with E-state index in [1.54, 1.807) is 18.2 Å². The number of H-pyrrole nitrogens is 1. The van der Waals surface area contributed by atoms with Gasteiger partial charge < -0.3 is 15.0 Å². The number of ether oxygens (including phenoxy) is 1. The first-order chi connectivity index (χ1) is 13.1. The van der Waals surface area contributed by atoms with E-state index in [0.29, 0.717) is 29.3 Å². The number of amides is 1. The molecule has 0 spiro atoms. The number of aromatic nitrogens is 1. The van der Waals surface area contributed by atoms with Gasteiger partial charge in [-0.25, -0.2) is 0 Å². The van der Waals surface area contributed by atoms with Crippen molar-refractivity contribution in [1.82, 2.24) is 10.3 Å². The van der Waals surface area contributed by atoms with E-state index >= 15 is 0 Å². The Morgan fingerprint density at radius 2 is 2.15 bits per heavy atom. The zero-order valence-corrected chi connectivity index (χ0v) is 15.5. The summed E-state index contributed by atoms with van der Waals surface area (Å²) >= 11 is 6.00. The Labute approximate surface area is 162 Å². The molecule has 0 saturated carbocycles. The summed E-state index contributed by atoms with van der Waals surface area (Å²) < 4.78 is 5.25. The third-order valence-electron chi connectivity index (χ3n) is 4.21. The van der Waals surface area contributed by atoms with Crippen LogP contribution in [-0.4, -0.2) is 24.5 Å². The molecule has 0 saturated heterocycles. The van der Waals surface area contributed by atoms with Crippen molar-refractivity contribution in [3.63, 3.8) is 0 Å². The molecule has 5 nitrogen and oxygen atoms in total. The molecule has 0 unspecified atom stereocenters. The van der Waals surface area contributed by atoms with Gasteiger partial charge in [0.2, 0.25) is 0 Å². The van der Waals surface area contributed by atoms with Gasteiger partial charge in [0.15, 0.2) is 0 Å². The number of fused-ring (bicyclic) bond motifs is 1. The van der Waals surface area contributed by atoms with Crippen LogP contribution in [0.4, 0.5) is 0 Å². The Hall–Kier alpha value is -3.23. The molecule has 3 rings (SSSR count). The summed E-state index contributed by atoms with van der Waals surface area (Å²) in [6, 6.07) is 15.0. The number of aromatic amines is 1. The molecule has 27 heavy (non-hydrogen) atoms. The second-order valence-corrected chi connectivity index (χ2v) is 6.36. The molecular weight excluding hydrogens is 362 g/mol. The predicted molar refractivity (Wildman–Crippen MR) is 107 cm³/mol. The van der Waals surface area contributed by atoms with Gasteiger partial charge in [-0.05, 0) is 42.3 Å². The molecule has 1 heterocycles. The molecule has 0 aliphatic carbocycles. The number of nitrogens with zero attached hydrogens (tertiary/aromatic N) is 1. The van der Waals surface area contributed by atoms with Gasteiger partial charge >= 0.3 is 0 Å². The summed E-state index contributed by atoms with van der Waals surface area (Å²) in [6.45, 7) is 0.423. The topological polar surface area (TPSA) is 77.9 Å². The van der Waals surface area contributed by atoms with Crippen LogP contribution < -0.4 is 10.1 Å². The van der Waals surface area contributed by atoms with Crippen LogP contribution >= 0.6 is 11.6 Å². The van der Waals surface area contributed by atoms with Gasteiger partial charge in [0, 0.05) is 34.2 Å². The molecule has 0 aliphatic heterocycles. The average molecular weight is 380 g/mol. The first kappa shape index (κ1) is 18.6. The number of halogens is 1. The Morgan fingerprint density at radius 1 is 1.33 bits per heavy atom. The monoisotopic (exact) mass is 379 g/mol. The Balaban J connectivity index is 1.69. The number of para-hydroxylation sites is 1. The summed E-state index contributed by atoms with van der Waals surface area (Å²) in [5, 5.41) is 13.8. The highest BCUT2D eigenvalue weighted by atomic mass is 35.5. The Bertz CT molecular complexity index is 1050. The number of benzene rings is 2. The van der Waals surface area contributed by atoms with E-state index in [4.69, 9.17) is 16.3 Å². The number of methoxy groups -OCH3 is 1. The Kier molecular flexibility index (Phi) is 5.80. The molecule has 0 bridgehead atoms. The van der Waals surface area contributed by atoms with Crippen LogP contribution in [0, 0.1) is 11.3 Å². The fraction of sp³-hybridized carbons (Fsp3) is 0.143. The van der Waals surface area contributed by atoms with E-state index in [-0.39, 0.29) is 5.57 Å². The minimum atomic E-state index is -0.431. The number of nitrogens with one attached hydrogen (secondary N) is 2. The van der Waals surface area contributed by atoms with Crippen LogP contribution in [-0.2, 0) is 11.2 Å². The van der Waals surface area contributed by atoms with Gasteiger partial charge in [0.1, 0.15) is 17.4 Å². The molecule has 0 atom stereocenters. The van der Waals surface area contributed by atoms with Crippen molar-refractivity contribution in [1.29, 1.82) is 5.26 Å². The molecule has 0 radical (unpaired) electrons. The highest BCUT2D eigenvalue weighted by molar-refractivity contribution is 6.30. The van der Waals surface area contributed by atoms with E-state index < -0.39 is 5.91 Å². The molecule has 0 aliphatic rings. The van der Waals surface area contributed by atoms with Crippen molar-refractivity contribution >= 4 is 34.5 Å². The zero-order valence-electron chi connectivity index (χ0n) is 14.8. The Morgan fingerprint density at radius 3 is 2.93 bits per heavy atom. The van der Waals surface area contributed by atoms with Gasteiger partial charge in [-0.2, -0.15) is 5.26 Å². The summed E-state index contributed by atoms with van der Waals surface area (Å²) in [5.74, 6) is 0.109. The van der Waals surface area contributed by atoms with E-state index in [2.05, 4.69) is 10.3 Å². The molecule has 136 valence electrons. The number of hydrogen-bond acceptors (Lipinski definition) is 3. The molecule has 2 aromatic carbocycles. The maximum Gasteiger partial charge on any atom is 0.261 e. The number of carbonyl (C=O) groups excluding carboxylic acids is 1. The molecule has 2 N–H and O–H groups in total. The molecule has 6 heteroatoms. The fourth-order valence-electron chi connectivity index (χ4n) is 2.87. The number of rotatable bonds is 6. The van der Waals surface area contributed by atoms with Crippen LogP contribution in [0.3, 0.4) is 0 Å². The van der Waals surface area contributed by atoms with Gasteiger partial charge in [0.25, 0.3) is 5.91 Å². The third kappa shape index (κ3) is 4.30. The zero-order chi connectivity index (χ0) is 19.2. The molecule has 1 aromatic heterocycles. The average Bonchev–Trinajstić information content (AvgIpc) is 3.09. The molecule has 3 aromatic rings. The largest absolute Gasteiger partial charge is 0.496 e. The van der Waals surface area contributed by atoms with E-state index in [9.17, 15) is 10.1 Å². The van der Waals surface area contributed by atoms with Crippen molar-refractivity contribution in [2.75, 3.05) is 13.7 Å². The lowest BCUT2D eigenvalue weighted by atomic mass is 10.1. The van der Waals surface area contributed by atoms with Crippen LogP contribution in [0.5, 0.6) is 5.75 Å². The quantitative estimate of drug-likeness (QED) is 0.500. The van der Waals surface area contributed by atoms with Crippen LogP contribution in [0.25, 0.3) is 17.0 Å². The lowest BCUT2D eigenvalue weighted by Crippen LogP contribution is -2.26. The van der Waals surface area contributed by atoms with E-state index in [1.165, 1.54) is 13.2 Å². The van der Waals surface area contributed by atoms with E-state index in [1.807, 2.05) is 36.5 Å². The molecule has 0 fully saturated rings. The smallest absolute Gasteiger partial charge is 0.261 e. The summed E-state index contributed by atoms with van der Waals surface area (Å²) in [6.07, 6.45) is 4.08. The highest BCUT2D eigenvalue weighted by Gasteiger charge is 2.11. The number of carbonyl (C=O) groups is 1.